The Morgan fingerprint density at radius 2 is 2.04 bits per heavy atom. The van der Waals surface area contributed by atoms with Crippen LogP contribution in [0.1, 0.15) is 26.7 Å². The zero-order chi connectivity index (χ0) is 20.4. The van der Waals surface area contributed by atoms with Crippen molar-refractivity contribution in [3.63, 3.8) is 0 Å². The molecular weight excluding hydrogens is 364 g/mol. The Hall–Kier alpha value is -2.39. The molecule has 4 rings (SSSR count). The summed E-state index contributed by atoms with van der Waals surface area (Å²) in [6, 6.07) is 0.251. The number of ether oxygens (including phenoxy) is 2. The minimum absolute atomic E-state index is 0.0123. The molecule has 0 bridgehead atoms. The van der Waals surface area contributed by atoms with Crippen LogP contribution in [0.2, 0.25) is 0 Å². The van der Waals surface area contributed by atoms with Crippen LogP contribution < -0.4 is 11.5 Å². The van der Waals surface area contributed by atoms with Crippen molar-refractivity contribution in [2.75, 3.05) is 26.8 Å². The van der Waals surface area contributed by atoms with Gasteiger partial charge in [0.1, 0.15) is 6.61 Å². The highest BCUT2D eigenvalue weighted by Gasteiger charge is 2.75. The van der Waals surface area contributed by atoms with Crippen LogP contribution in [0.15, 0.2) is 22.5 Å². The number of rotatable bonds is 6. The van der Waals surface area contributed by atoms with Crippen LogP contribution in [0.4, 0.5) is 4.79 Å². The summed E-state index contributed by atoms with van der Waals surface area (Å²) in [5.41, 5.74) is 11.0. The fourth-order valence-electron chi connectivity index (χ4n) is 5.23. The number of hydrogen-bond donors (Lipinski definition) is 2. The lowest BCUT2D eigenvalue weighted by atomic mass is 9.82. The quantitative estimate of drug-likeness (QED) is 0.474. The number of piperazine rings is 1. The second kappa shape index (κ2) is 6.31. The van der Waals surface area contributed by atoms with E-state index in [0.29, 0.717) is 12.2 Å². The van der Waals surface area contributed by atoms with Gasteiger partial charge in [0.05, 0.1) is 23.4 Å². The highest BCUT2D eigenvalue weighted by Crippen LogP contribution is 2.59. The molecule has 0 aromatic carbocycles. The number of nitrogens with zero attached hydrogens (tertiary/aromatic N) is 2. The third-order valence-corrected chi connectivity index (χ3v) is 6.58. The maximum absolute atomic E-state index is 13.0. The smallest absolute Gasteiger partial charge is 0.404 e. The van der Waals surface area contributed by atoms with Crippen molar-refractivity contribution < 1.29 is 23.9 Å². The SMILES string of the molecule is CCCCN1C2CN3C4=C(C(=O)C(N)=C(C)C4=O)[C@@H](COC(N)=O)[C@@]3(OC)C21. The molecule has 3 unspecified atom stereocenters. The molecule has 0 spiro atoms. The van der Waals surface area contributed by atoms with Gasteiger partial charge in [-0.25, -0.2) is 4.79 Å². The molecule has 1 aliphatic carbocycles. The number of primary amides is 1. The lowest BCUT2D eigenvalue weighted by Gasteiger charge is -2.41. The van der Waals surface area contributed by atoms with E-state index in [-0.39, 0.29) is 41.3 Å². The highest BCUT2D eigenvalue weighted by atomic mass is 16.6. The topological polar surface area (TPSA) is 128 Å². The van der Waals surface area contributed by atoms with Gasteiger partial charge in [-0.15, -0.1) is 0 Å². The number of carbonyl (C=O) groups is 3. The summed E-state index contributed by atoms with van der Waals surface area (Å²) in [7, 11) is 1.57. The first-order chi connectivity index (χ1) is 13.3. The zero-order valence-electron chi connectivity index (χ0n) is 16.4. The number of Topliss-reactive ketones (excluding diaryl/α,β-unsaturated/α-hetero) is 2. The number of fused-ring (bicyclic) bond motifs is 4. The fraction of sp³-hybridized carbons (Fsp3) is 0.632. The summed E-state index contributed by atoms with van der Waals surface area (Å²) in [5.74, 6) is -1.30. The number of nitrogens with two attached hydrogens (primary N) is 2. The average Bonchev–Trinajstić information content (AvgIpc) is 3.12. The van der Waals surface area contributed by atoms with Crippen molar-refractivity contribution in [1.82, 2.24) is 9.80 Å². The first-order valence-corrected chi connectivity index (χ1v) is 9.61. The molecule has 3 heterocycles. The van der Waals surface area contributed by atoms with Gasteiger partial charge in [0, 0.05) is 30.8 Å². The molecule has 4 N–H and O–H groups in total. The van der Waals surface area contributed by atoms with Crippen LogP contribution in [-0.4, -0.2) is 72.1 Å². The van der Waals surface area contributed by atoms with E-state index in [0.717, 1.165) is 19.4 Å². The van der Waals surface area contributed by atoms with E-state index < -0.39 is 23.5 Å². The Morgan fingerprint density at radius 1 is 1.32 bits per heavy atom. The van der Waals surface area contributed by atoms with Gasteiger partial charge in [-0.05, 0) is 19.9 Å². The lowest BCUT2D eigenvalue weighted by Crippen LogP contribution is -2.55. The van der Waals surface area contributed by atoms with Crippen LogP contribution in [0, 0.1) is 5.92 Å². The van der Waals surface area contributed by atoms with E-state index >= 15 is 0 Å². The summed E-state index contributed by atoms with van der Waals surface area (Å²) < 4.78 is 11.1. The molecule has 2 saturated heterocycles. The predicted octanol–water partition coefficient (Wildman–Crippen LogP) is -0.139. The van der Waals surface area contributed by atoms with Crippen LogP contribution in [0.25, 0.3) is 0 Å². The Balaban J connectivity index is 1.77. The number of allylic oxidation sites excluding steroid dienone is 2. The third-order valence-electron chi connectivity index (χ3n) is 6.58. The van der Waals surface area contributed by atoms with Crippen molar-refractivity contribution in [2.45, 2.75) is 44.5 Å². The van der Waals surface area contributed by atoms with Crippen LogP contribution in [-0.2, 0) is 19.1 Å². The van der Waals surface area contributed by atoms with Crippen molar-refractivity contribution in [1.29, 1.82) is 0 Å². The van der Waals surface area contributed by atoms with E-state index in [9.17, 15) is 14.4 Å². The van der Waals surface area contributed by atoms with Gasteiger partial charge in [0.2, 0.25) is 11.6 Å². The van der Waals surface area contributed by atoms with Gasteiger partial charge in [0.15, 0.2) is 5.72 Å². The molecular formula is C19H26N4O5. The summed E-state index contributed by atoms with van der Waals surface area (Å²) in [5, 5.41) is 0. The first kappa shape index (κ1) is 18.9. The maximum Gasteiger partial charge on any atom is 0.404 e. The van der Waals surface area contributed by atoms with E-state index in [4.69, 9.17) is 20.9 Å². The Morgan fingerprint density at radius 3 is 2.64 bits per heavy atom. The molecule has 0 aromatic heterocycles. The minimum atomic E-state index is -0.950. The molecule has 28 heavy (non-hydrogen) atoms. The average molecular weight is 390 g/mol. The third kappa shape index (κ3) is 2.23. The minimum Gasteiger partial charge on any atom is -0.449 e. The Bertz CT molecular complexity index is 834. The van der Waals surface area contributed by atoms with Crippen molar-refractivity contribution in [2.24, 2.45) is 17.4 Å². The number of methoxy groups -OCH3 is 1. The second-order valence-electron chi connectivity index (χ2n) is 7.81. The molecule has 152 valence electrons. The van der Waals surface area contributed by atoms with Gasteiger partial charge in [-0.3, -0.25) is 14.5 Å². The summed E-state index contributed by atoms with van der Waals surface area (Å²) in [6.07, 6.45) is 1.18. The molecule has 2 fully saturated rings. The van der Waals surface area contributed by atoms with E-state index in [2.05, 4.69) is 11.8 Å². The summed E-state index contributed by atoms with van der Waals surface area (Å²) in [4.78, 5) is 41.6. The fourth-order valence-corrected chi connectivity index (χ4v) is 5.23. The van der Waals surface area contributed by atoms with Crippen molar-refractivity contribution >= 4 is 17.7 Å². The largest absolute Gasteiger partial charge is 0.449 e. The first-order valence-electron chi connectivity index (χ1n) is 9.61. The molecule has 9 nitrogen and oxygen atoms in total. The predicted molar refractivity (Wildman–Crippen MR) is 98.6 cm³/mol. The van der Waals surface area contributed by atoms with E-state index in [1.807, 2.05) is 4.90 Å². The number of amides is 1. The number of carbonyl (C=O) groups excluding carboxylic acids is 3. The Labute approximate surface area is 163 Å². The molecule has 3 aliphatic heterocycles. The van der Waals surface area contributed by atoms with Crippen LogP contribution in [0.3, 0.4) is 0 Å². The Kier molecular flexibility index (Phi) is 4.27. The van der Waals surface area contributed by atoms with Gasteiger partial charge in [0.25, 0.3) is 0 Å². The lowest BCUT2D eigenvalue weighted by molar-refractivity contribution is -0.145. The second-order valence-corrected chi connectivity index (χ2v) is 7.81. The summed E-state index contributed by atoms with van der Waals surface area (Å²) >= 11 is 0. The number of unbranched alkanes of at least 4 members (excludes halogenated alkanes) is 1. The van der Waals surface area contributed by atoms with Crippen molar-refractivity contribution in [3.05, 3.63) is 22.5 Å². The van der Waals surface area contributed by atoms with E-state index in [1.165, 1.54) is 0 Å². The molecule has 9 heteroatoms. The van der Waals surface area contributed by atoms with Crippen LogP contribution in [0.5, 0.6) is 0 Å². The highest BCUT2D eigenvalue weighted by molar-refractivity contribution is 6.25. The molecule has 1 amide bonds. The van der Waals surface area contributed by atoms with Gasteiger partial charge < -0.3 is 25.8 Å². The monoisotopic (exact) mass is 390 g/mol. The standard InChI is InChI=1S/C19H26N4O5/c1-4-5-6-22-11-7-23-14-12(16(25)13(20)9(2)15(14)24)10(8-28-18(21)26)19(23,27-3)17(11)22/h10-11,17H,4-8,20H2,1-3H3,(H2,21,26)/t10-,11?,17?,19-,22?/m1/s1. The zero-order valence-corrected chi connectivity index (χ0v) is 16.4. The molecule has 4 aliphatic rings. The molecule has 0 aromatic rings. The summed E-state index contributed by atoms with van der Waals surface area (Å²) in [6.45, 7) is 5.05. The van der Waals surface area contributed by atoms with Gasteiger partial charge in [-0.2, -0.15) is 0 Å². The van der Waals surface area contributed by atoms with Gasteiger partial charge >= 0.3 is 6.09 Å². The van der Waals surface area contributed by atoms with Crippen LogP contribution >= 0.6 is 0 Å². The van der Waals surface area contributed by atoms with Crippen molar-refractivity contribution in [3.8, 4) is 0 Å². The van der Waals surface area contributed by atoms with Gasteiger partial charge in [-0.1, -0.05) is 13.3 Å². The molecule has 0 radical (unpaired) electrons. The van der Waals surface area contributed by atoms with E-state index in [1.54, 1.807) is 14.0 Å². The normalized spacial score (nSPS) is 35.9. The molecule has 5 atom stereocenters. The maximum atomic E-state index is 13.0. The number of hydrogen-bond acceptors (Lipinski definition) is 8. The molecule has 0 saturated carbocycles. The number of ketones is 2.